The second-order valence-corrected chi connectivity index (χ2v) is 7.21. The Kier molecular flexibility index (Phi) is 6.95. The second-order valence-electron chi connectivity index (χ2n) is 7.21. The first kappa shape index (κ1) is 19.5. The quantitative estimate of drug-likeness (QED) is 0.719. The van der Waals surface area contributed by atoms with Crippen molar-refractivity contribution in [1.29, 1.82) is 0 Å². The number of hydrogen-bond acceptors (Lipinski definition) is 5. The number of nitrogens with zero attached hydrogens (tertiary/aromatic N) is 4. The molecule has 27 heavy (non-hydrogen) atoms. The van der Waals surface area contributed by atoms with Crippen LogP contribution < -0.4 is 5.32 Å². The van der Waals surface area contributed by atoms with E-state index in [1.807, 2.05) is 30.3 Å². The zero-order valence-corrected chi connectivity index (χ0v) is 16.1. The Hall–Kier alpha value is -2.25. The van der Waals surface area contributed by atoms with Gasteiger partial charge in [0.2, 0.25) is 11.8 Å². The van der Waals surface area contributed by atoms with Crippen molar-refractivity contribution in [2.24, 2.45) is 5.10 Å². The van der Waals surface area contributed by atoms with E-state index in [4.69, 9.17) is 0 Å². The van der Waals surface area contributed by atoms with E-state index in [1.54, 1.807) is 0 Å². The second kappa shape index (κ2) is 9.62. The summed E-state index contributed by atoms with van der Waals surface area (Å²) in [6.45, 7) is 5.99. The molecular weight excluding hydrogens is 342 g/mol. The van der Waals surface area contributed by atoms with Gasteiger partial charge in [-0.2, -0.15) is 5.10 Å². The third-order valence-corrected chi connectivity index (χ3v) is 5.07. The van der Waals surface area contributed by atoms with Crippen LogP contribution in [0.4, 0.5) is 0 Å². The number of hydrogen-bond donors (Lipinski definition) is 1. The number of benzene rings is 1. The molecular formula is C20H29N5O2. The highest BCUT2D eigenvalue weighted by atomic mass is 16.2. The molecule has 0 unspecified atom stereocenters. The molecule has 2 heterocycles. The summed E-state index contributed by atoms with van der Waals surface area (Å²) < 4.78 is 0. The van der Waals surface area contributed by atoms with E-state index >= 15 is 0 Å². The Bertz CT molecular complexity index is 668. The fourth-order valence-electron chi connectivity index (χ4n) is 3.36. The summed E-state index contributed by atoms with van der Waals surface area (Å²) in [7, 11) is 2.14. The smallest absolute Gasteiger partial charge is 0.243 e. The highest BCUT2D eigenvalue weighted by Gasteiger charge is 2.23. The van der Waals surface area contributed by atoms with Crippen LogP contribution in [0.5, 0.6) is 0 Å². The molecule has 0 aliphatic carbocycles. The van der Waals surface area contributed by atoms with Gasteiger partial charge in [0.25, 0.3) is 0 Å². The van der Waals surface area contributed by atoms with Crippen molar-refractivity contribution in [3.8, 4) is 0 Å². The number of hydrazone groups is 1. The van der Waals surface area contributed by atoms with Gasteiger partial charge in [-0.1, -0.05) is 30.3 Å². The highest BCUT2D eigenvalue weighted by Crippen LogP contribution is 2.14. The maximum absolute atomic E-state index is 12.2. The van der Waals surface area contributed by atoms with Crippen molar-refractivity contribution in [3.05, 3.63) is 35.9 Å². The number of likely N-dealkylation sites (N-methyl/N-ethyl adjacent to an activating group) is 1. The van der Waals surface area contributed by atoms with E-state index in [9.17, 15) is 9.59 Å². The summed E-state index contributed by atoms with van der Waals surface area (Å²) in [6, 6.07) is 9.80. The molecule has 2 amide bonds. The molecule has 1 aromatic rings. The van der Waals surface area contributed by atoms with E-state index in [0.29, 0.717) is 19.4 Å². The summed E-state index contributed by atoms with van der Waals surface area (Å²) in [5, 5.41) is 8.63. The molecule has 0 radical (unpaired) electrons. The van der Waals surface area contributed by atoms with Gasteiger partial charge in [-0.05, 0) is 25.6 Å². The number of rotatable bonds is 7. The largest absolute Gasteiger partial charge is 0.354 e. The molecule has 0 saturated carbocycles. The lowest BCUT2D eigenvalue weighted by Gasteiger charge is -2.32. The normalized spacial score (nSPS) is 19.1. The molecule has 1 N–H and O–H groups in total. The first-order valence-corrected chi connectivity index (χ1v) is 9.72. The average Bonchev–Trinajstić information content (AvgIpc) is 2.69. The van der Waals surface area contributed by atoms with Crippen molar-refractivity contribution < 1.29 is 9.59 Å². The Morgan fingerprint density at radius 1 is 1.11 bits per heavy atom. The van der Waals surface area contributed by atoms with Crippen LogP contribution in [0.2, 0.25) is 0 Å². The van der Waals surface area contributed by atoms with Crippen molar-refractivity contribution in [2.45, 2.75) is 19.3 Å². The maximum atomic E-state index is 12.2. The van der Waals surface area contributed by atoms with Crippen molar-refractivity contribution >= 4 is 17.5 Å². The van der Waals surface area contributed by atoms with Gasteiger partial charge in [-0.25, -0.2) is 5.01 Å². The van der Waals surface area contributed by atoms with E-state index in [2.05, 4.69) is 27.3 Å². The molecule has 0 atom stereocenters. The van der Waals surface area contributed by atoms with E-state index in [-0.39, 0.29) is 18.4 Å². The lowest BCUT2D eigenvalue weighted by atomic mass is 10.0. The zero-order chi connectivity index (χ0) is 19.1. The average molecular weight is 371 g/mol. The summed E-state index contributed by atoms with van der Waals surface area (Å²) in [6.07, 6.45) is 1.93. The molecule has 146 valence electrons. The van der Waals surface area contributed by atoms with Crippen LogP contribution in [-0.4, -0.2) is 85.2 Å². The molecule has 0 bridgehead atoms. The molecule has 2 aliphatic rings. The fourth-order valence-corrected chi connectivity index (χ4v) is 3.36. The minimum absolute atomic E-state index is 0.0102. The zero-order valence-electron chi connectivity index (χ0n) is 16.1. The molecule has 2 aliphatic heterocycles. The van der Waals surface area contributed by atoms with Crippen LogP contribution >= 0.6 is 0 Å². The monoisotopic (exact) mass is 371 g/mol. The molecule has 3 rings (SSSR count). The molecule has 7 heteroatoms. The number of piperazine rings is 1. The predicted molar refractivity (Wildman–Crippen MR) is 105 cm³/mol. The molecule has 1 aromatic carbocycles. The fraction of sp³-hybridized carbons (Fsp3) is 0.550. The Balaban J connectivity index is 1.42. The van der Waals surface area contributed by atoms with Gasteiger partial charge in [0.15, 0.2) is 0 Å². The summed E-state index contributed by atoms with van der Waals surface area (Å²) in [5.74, 6) is -0.248. The molecule has 0 spiro atoms. The summed E-state index contributed by atoms with van der Waals surface area (Å²) in [4.78, 5) is 29.1. The van der Waals surface area contributed by atoms with E-state index in [0.717, 1.165) is 50.4 Å². The summed E-state index contributed by atoms with van der Waals surface area (Å²) in [5.41, 5.74) is 1.86. The van der Waals surface area contributed by atoms with Gasteiger partial charge in [-0.15, -0.1) is 0 Å². The van der Waals surface area contributed by atoms with Crippen LogP contribution in [0.15, 0.2) is 35.4 Å². The first-order chi connectivity index (χ1) is 13.1. The Morgan fingerprint density at radius 2 is 1.85 bits per heavy atom. The van der Waals surface area contributed by atoms with Crippen LogP contribution in [0.3, 0.4) is 0 Å². The predicted octanol–water partition coefficient (Wildman–Crippen LogP) is 0.767. The van der Waals surface area contributed by atoms with Gasteiger partial charge in [-0.3, -0.25) is 9.59 Å². The molecule has 1 saturated heterocycles. The van der Waals surface area contributed by atoms with E-state index < -0.39 is 0 Å². The standard InChI is InChI=1S/C20H29N5O2/c1-23-12-14-24(15-13-23)11-5-10-21-19(26)16-25-20(27)9-8-18(22-25)17-6-3-2-4-7-17/h2-4,6-7H,5,8-16H2,1H3,(H,21,26). The van der Waals surface area contributed by atoms with Crippen molar-refractivity contribution in [3.63, 3.8) is 0 Å². The lowest BCUT2D eigenvalue weighted by molar-refractivity contribution is -0.136. The van der Waals surface area contributed by atoms with Gasteiger partial charge in [0.1, 0.15) is 6.54 Å². The minimum atomic E-state index is -0.153. The van der Waals surface area contributed by atoms with Crippen molar-refractivity contribution in [1.82, 2.24) is 20.1 Å². The number of nitrogens with one attached hydrogen (secondary N) is 1. The molecule has 1 fully saturated rings. The topological polar surface area (TPSA) is 68.2 Å². The third kappa shape index (κ3) is 5.87. The number of carbonyl (C=O) groups excluding carboxylic acids is 2. The van der Waals surface area contributed by atoms with Crippen molar-refractivity contribution in [2.75, 3.05) is 52.9 Å². The van der Waals surface area contributed by atoms with E-state index in [1.165, 1.54) is 5.01 Å². The number of carbonyl (C=O) groups is 2. The first-order valence-electron chi connectivity index (χ1n) is 9.72. The van der Waals surface area contributed by atoms with Crippen LogP contribution in [0, 0.1) is 0 Å². The van der Waals surface area contributed by atoms with Gasteiger partial charge < -0.3 is 15.1 Å². The maximum Gasteiger partial charge on any atom is 0.243 e. The summed E-state index contributed by atoms with van der Waals surface area (Å²) >= 11 is 0. The van der Waals surface area contributed by atoms with Crippen LogP contribution in [0.1, 0.15) is 24.8 Å². The molecule has 7 nitrogen and oxygen atoms in total. The Labute approximate surface area is 161 Å². The van der Waals surface area contributed by atoms with Gasteiger partial charge in [0, 0.05) is 45.6 Å². The highest BCUT2D eigenvalue weighted by molar-refractivity contribution is 6.04. The third-order valence-electron chi connectivity index (χ3n) is 5.07. The Morgan fingerprint density at radius 3 is 2.59 bits per heavy atom. The lowest BCUT2D eigenvalue weighted by Crippen LogP contribution is -2.45. The SMILES string of the molecule is CN1CCN(CCCNC(=O)CN2N=C(c3ccccc3)CCC2=O)CC1. The number of amides is 2. The van der Waals surface area contributed by atoms with Gasteiger partial charge >= 0.3 is 0 Å². The van der Waals surface area contributed by atoms with Crippen LogP contribution in [-0.2, 0) is 9.59 Å². The molecule has 0 aromatic heterocycles. The van der Waals surface area contributed by atoms with Gasteiger partial charge in [0.05, 0.1) is 5.71 Å². The van der Waals surface area contributed by atoms with Crippen LogP contribution in [0.25, 0.3) is 0 Å². The minimum Gasteiger partial charge on any atom is -0.354 e.